The van der Waals surface area contributed by atoms with Crippen LogP contribution >= 0.6 is 0 Å². The van der Waals surface area contributed by atoms with Gasteiger partial charge >= 0.3 is 12.2 Å². The molecular formula is C28H54N4O5. The third-order valence-corrected chi connectivity index (χ3v) is 4.29. The standard InChI is InChI=1S/C11H24N2O2.C11H14O3.C6H16N2/c1-11(2,3)15-10(14)13-9-7-5-4-6-8-12;1-11(2,3)14-10(12)13-9-7-5-4-6-8-9;7-5-3-1-2-4-6-8/h4-9,12H2,1-3H3,(H,13,14);4-8H,1-3H3;1-8H2. The highest BCUT2D eigenvalue weighted by Gasteiger charge is 2.17. The fourth-order valence-electron chi connectivity index (χ4n) is 2.63. The van der Waals surface area contributed by atoms with Crippen molar-refractivity contribution in [3.05, 3.63) is 30.3 Å². The Morgan fingerprint density at radius 2 is 1.11 bits per heavy atom. The molecule has 0 fully saturated rings. The Morgan fingerprint density at radius 1 is 0.676 bits per heavy atom. The van der Waals surface area contributed by atoms with Gasteiger partial charge in [-0.05, 0) is 99.0 Å². The Morgan fingerprint density at radius 3 is 1.51 bits per heavy atom. The molecule has 1 rings (SSSR count). The lowest BCUT2D eigenvalue weighted by Gasteiger charge is -2.19. The van der Waals surface area contributed by atoms with Crippen LogP contribution in [0.25, 0.3) is 0 Å². The molecule has 0 unspecified atom stereocenters. The van der Waals surface area contributed by atoms with E-state index < -0.39 is 17.4 Å². The molecule has 1 amide bonds. The van der Waals surface area contributed by atoms with E-state index in [9.17, 15) is 9.59 Å². The number of hydrogen-bond acceptors (Lipinski definition) is 8. The molecule has 0 spiro atoms. The predicted molar refractivity (Wildman–Crippen MR) is 152 cm³/mol. The quantitative estimate of drug-likeness (QED) is 0.158. The Bertz CT molecular complexity index is 667. The maximum Gasteiger partial charge on any atom is 0.514 e. The molecule has 0 saturated heterocycles. The molecule has 0 heterocycles. The minimum Gasteiger partial charge on any atom is -0.444 e. The van der Waals surface area contributed by atoms with Crippen molar-refractivity contribution in [1.29, 1.82) is 0 Å². The lowest BCUT2D eigenvalue weighted by atomic mass is 10.2. The van der Waals surface area contributed by atoms with Crippen molar-refractivity contribution in [3.63, 3.8) is 0 Å². The first-order valence-corrected chi connectivity index (χ1v) is 13.4. The molecule has 0 aliphatic heterocycles. The highest BCUT2D eigenvalue weighted by molar-refractivity contribution is 5.67. The normalized spacial score (nSPS) is 10.7. The SMILES string of the molecule is CC(C)(C)OC(=O)NCCCCCCN.CC(C)(C)OC(=O)Oc1ccccc1.NCCCCCCN. The van der Waals surface area contributed by atoms with Crippen LogP contribution in [-0.4, -0.2) is 49.6 Å². The highest BCUT2D eigenvalue weighted by atomic mass is 16.7. The van der Waals surface area contributed by atoms with E-state index in [2.05, 4.69) is 5.32 Å². The van der Waals surface area contributed by atoms with E-state index >= 15 is 0 Å². The van der Waals surface area contributed by atoms with Crippen LogP contribution in [-0.2, 0) is 9.47 Å². The molecule has 0 radical (unpaired) electrons. The third-order valence-electron chi connectivity index (χ3n) is 4.29. The van der Waals surface area contributed by atoms with Gasteiger partial charge in [0.1, 0.15) is 17.0 Å². The number of alkyl carbamates (subject to hydrolysis) is 1. The Hall–Kier alpha value is -2.36. The zero-order valence-electron chi connectivity index (χ0n) is 24.1. The molecule has 0 aromatic heterocycles. The summed E-state index contributed by atoms with van der Waals surface area (Å²) in [4.78, 5) is 22.4. The molecule has 1 aromatic rings. The van der Waals surface area contributed by atoms with Gasteiger partial charge in [-0.15, -0.1) is 0 Å². The number of nitrogens with one attached hydrogen (secondary N) is 1. The van der Waals surface area contributed by atoms with Crippen molar-refractivity contribution >= 4 is 12.2 Å². The van der Waals surface area contributed by atoms with Crippen LogP contribution in [0.3, 0.4) is 0 Å². The molecular weight excluding hydrogens is 472 g/mol. The molecule has 37 heavy (non-hydrogen) atoms. The summed E-state index contributed by atoms with van der Waals surface area (Å²) in [5.41, 5.74) is 15.0. The van der Waals surface area contributed by atoms with Crippen LogP contribution in [0.5, 0.6) is 5.75 Å². The van der Waals surface area contributed by atoms with Crippen molar-refractivity contribution in [2.45, 2.75) is 104 Å². The summed E-state index contributed by atoms with van der Waals surface area (Å²) in [5.74, 6) is 0.488. The molecule has 0 saturated carbocycles. The number of nitrogens with two attached hydrogens (primary N) is 3. The van der Waals surface area contributed by atoms with Gasteiger partial charge in [-0.1, -0.05) is 43.9 Å². The number of benzene rings is 1. The van der Waals surface area contributed by atoms with Crippen molar-refractivity contribution < 1.29 is 23.8 Å². The molecule has 0 aliphatic rings. The van der Waals surface area contributed by atoms with Gasteiger partial charge in [0.2, 0.25) is 0 Å². The first kappa shape index (κ1) is 36.8. The molecule has 216 valence electrons. The van der Waals surface area contributed by atoms with E-state index in [-0.39, 0.29) is 6.09 Å². The fourth-order valence-corrected chi connectivity index (χ4v) is 2.63. The lowest BCUT2D eigenvalue weighted by molar-refractivity contribution is 0.0206. The average molecular weight is 527 g/mol. The van der Waals surface area contributed by atoms with Gasteiger partial charge in [0, 0.05) is 6.54 Å². The largest absolute Gasteiger partial charge is 0.514 e. The monoisotopic (exact) mass is 526 g/mol. The van der Waals surface area contributed by atoms with Gasteiger partial charge in [0.25, 0.3) is 0 Å². The summed E-state index contributed by atoms with van der Waals surface area (Å²) >= 11 is 0. The Labute approximate surface area is 225 Å². The summed E-state index contributed by atoms with van der Waals surface area (Å²) in [6, 6.07) is 8.83. The van der Waals surface area contributed by atoms with E-state index in [4.69, 9.17) is 31.4 Å². The van der Waals surface area contributed by atoms with E-state index in [1.54, 1.807) is 45.0 Å². The van der Waals surface area contributed by atoms with Crippen LogP contribution in [0.2, 0.25) is 0 Å². The van der Waals surface area contributed by atoms with E-state index in [0.29, 0.717) is 12.3 Å². The van der Waals surface area contributed by atoms with Crippen LogP contribution in [0.4, 0.5) is 9.59 Å². The third kappa shape index (κ3) is 31.6. The number of rotatable bonds is 12. The Balaban J connectivity index is 0. The second-order valence-corrected chi connectivity index (χ2v) is 10.5. The topological polar surface area (TPSA) is 152 Å². The van der Waals surface area contributed by atoms with Crippen LogP contribution in [0, 0.1) is 0 Å². The zero-order valence-corrected chi connectivity index (χ0v) is 24.1. The van der Waals surface area contributed by atoms with Crippen molar-refractivity contribution in [3.8, 4) is 5.75 Å². The smallest absolute Gasteiger partial charge is 0.444 e. The second kappa shape index (κ2) is 22.8. The number of amides is 1. The molecule has 0 aliphatic carbocycles. The van der Waals surface area contributed by atoms with Crippen molar-refractivity contribution in [2.75, 3.05) is 26.2 Å². The van der Waals surface area contributed by atoms with Gasteiger partial charge in [0.15, 0.2) is 0 Å². The van der Waals surface area contributed by atoms with Gasteiger partial charge in [-0.2, -0.15) is 0 Å². The molecule has 7 N–H and O–H groups in total. The number of para-hydroxylation sites is 1. The van der Waals surface area contributed by atoms with Crippen molar-refractivity contribution in [2.24, 2.45) is 17.2 Å². The molecule has 1 aromatic carbocycles. The summed E-state index contributed by atoms with van der Waals surface area (Å²) in [5, 5.41) is 2.72. The lowest BCUT2D eigenvalue weighted by Crippen LogP contribution is -2.32. The highest BCUT2D eigenvalue weighted by Crippen LogP contribution is 2.13. The summed E-state index contributed by atoms with van der Waals surface area (Å²) in [6.07, 6.45) is 8.07. The molecule has 0 bridgehead atoms. The number of carbonyl (C=O) groups is 2. The predicted octanol–water partition coefficient (Wildman–Crippen LogP) is 5.49. The fraction of sp³-hybridized carbons (Fsp3) is 0.714. The molecule has 0 atom stereocenters. The van der Waals surface area contributed by atoms with Gasteiger partial charge in [-0.3, -0.25) is 0 Å². The van der Waals surface area contributed by atoms with Crippen LogP contribution < -0.4 is 27.3 Å². The maximum absolute atomic E-state index is 11.2. The summed E-state index contributed by atoms with van der Waals surface area (Å²) in [6.45, 7) is 14.0. The van der Waals surface area contributed by atoms with Gasteiger partial charge in [-0.25, -0.2) is 9.59 Å². The second-order valence-electron chi connectivity index (χ2n) is 10.5. The number of carbonyl (C=O) groups excluding carboxylic acids is 2. The summed E-state index contributed by atoms with van der Waals surface area (Å²) < 4.78 is 15.0. The zero-order chi connectivity index (χ0) is 28.6. The van der Waals surface area contributed by atoms with E-state index in [1.807, 2.05) is 26.8 Å². The first-order chi connectivity index (χ1) is 17.3. The van der Waals surface area contributed by atoms with E-state index in [0.717, 1.165) is 58.2 Å². The van der Waals surface area contributed by atoms with Crippen molar-refractivity contribution in [1.82, 2.24) is 5.32 Å². The minimum atomic E-state index is -0.677. The number of hydrogen-bond donors (Lipinski definition) is 4. The maximum atomic E-state index is 11.2. The summed E-state index contributed by atoms with van der Waals surface area (Å²) in [7, 11) is 0. The van der Waals surface area contributed by atoms with Gasteiger partial charge in [0.05, 0.1) is 0 Å². The first-order valence-electron chi connectivity index (χ1n) is 13.4. The Kier molecular flexibility index (Phi) is 22.7. The average Bonchev–Trinajstić information content (AvgIpc) is 2.78. The van der Waals surface area contributed by atoms with E-state index in [1.165, 1.54) is 12.8 Å². The number of unbranched alkanes of at least 4 members (excludes halogenated alkanes) is 6. The van der Waals surface area contributed by atoms with Crippen LogP contribution in [0.1, 0.15) is 92.9 Å². The molecule has 9 nitrogen and oxygen atoms in total. The molecule has 9 heteroatoms. The van der Waals surface area contributed by atoms with Gasteiger partial charge < -0.3 is 36.7 Å². The van der Waals surface area contributed by atoms with Crippen LogP contribution in [0.15, 0.2) is 30.3 Å². The minimum absolute atomic E-state index is 0.332. The number of ether oxygens (including phenoxy) is 3.